The smallest absolute Gasteiger partial charge is 0.130 e. The van der Waals surface area contributed by atoms with Gasteiger partial charge >= 0.3 is 0 Å². The first-order chi connectivity index (χ1) is 18.8. The summed E-state index contributed by atoms with van der Waals surface area (Å²) in [4.78, 5) is 5.08. The molecule has 1 aliphatic rings. The molecule has 5 rings (SSSR count). The van der Waals surface area contributed by atoms with Crippen LogP contribution in [0.1, 0.15) is 48.6 Å². The van der Waals surface area contributed by atoms with Crippen molar-refractivity contribution in [1.29, 1.82) is 0 Å². The van der Waals surface area contributed by atoms with Gasteiger partial charge in [0.2, 0.25) is 0 Å². The van der Waals surface area contributed by atoms with Gasteiger partial charge < -0.3 is 14.4 Å². The second kappa shape index (κ2) is 11.3. The predicted octanol–water partition coefficient (Wildman–Crippen LogP) is 7.38. The van der Waals surface area contributed by atoms with Crippen molar-refractivity contribution in [1.82, 2.24) is 4.90 Å². The normalized spacial score (nSPS) is 14.6. The number of benzene rings is 4. The highest BCUT2D eigenvalue weighted by atomic mass is 16.5. The summed E-state index contributed by atoms with van der Waals surface area (Å²) >= 11 is 0. The van der Waals surface area contributed by atoms with Gasteiger partial charge in [0.25, 0.3) is 0 Å². The number of rotatable bonds is 7. The number of fused-ring (bicyclic) bond motifs is 1. The molecule has 0 amide bonds. The van der Waals surface area contributed by atoms with E-state index in [1.807, 2.05) is 6.07 Å². The van der Waals surface area contributed by atoms with Gasteiger partial charge in [0, 0.05) is 61.2 Å². The molecule has 4 aromatic carbocycles. The molecule has 0 atom stereocenters. The number of ether oxygens (including phenoxy) is 2. The zero-order valence-corrected chi connectivity index (χ0v) is 24.4. The van der Waals surface area contributed by atoms with Crippen LogP contribution in [0.5, 0.6) is 11.5 Å². The maximum atomic E-state index is 5.93. The zero-order valence-electron chi connectivity index (χ0n) is 24.4. The van der Waals surface area contributed by atoms with Gasteiger partial charge in [-0.3, -0.25) is 4.90 Å². The van der Waals surface area contributed by atoms with Crippen LogP contribution in [0.3, 0.4) is 0 Å². The number of methoxy groups -OCH3 is 2. The van der Waals surface area contributed by atoms with E-state index in [9.17, 15) is 0 Å². The van der Waals surface area contributed by atoms with Crippen molar-refractivity contribution < 1.29 is 9.47 Å². The van der Waals surface area contributed by atoms with Gasteiger partial charge in [-0.05, 0) is 46.7 Å². The third-order valence-corrected chi connectivity index (χ3v) is 8.17. The average Bonchev–Trinajstić information content (AvgIpc) is 2.94. The SMILES string of the molecule is COc1c(C)c(Cc2ccc(N3CCN(Cc4ccc(C(C)(C)C)cc4)CC3)cc2)c(OC)c2ccccc12. The molecule has 0 spiro atoms. The van der Waals surface area contributed by atoms with E-state index < -0.39 is 0 Å². The monoisotopic (exact) mass is 522 g/mol. The molecule has 204 valence electrons. The Hall–Kier alpha value is -3.50. The van der Waals surface area contributed by atoms with Crippen molar-refractivity contribution in [3.05, 3.63) is 101 Å². The summed E-state index contributed by atoms with van der Waals surface area (Å²) in [6.45, 7) is 14.2. The van der Waals surface area contributed by atoms with Gasteiger partial charge in [-0.1, -0.05) is 81.4 Å². The van der Waals surface area contributed by atoms with Crippen molar-refractivity contribution in [3.8, 4) is 11.5 Å². The quantitative estimate of drug-likeness (QED) is 0.253. The number of piperazine rings is 1. The lowest BCUT2D eigenvalue weighted by Gasteiger charge is -2.36. The van der Waals surface area contributed by atoms with Crippen LogP contribution in [0.4, 0.5) is 5.69 Å². The number of nitrogens with zero attached hydrogens (tertiary/aromatic N) is 2. The molecule has 39 heavy (non-hydrogen) atoms. The van der Waals surface area contributed by atoms with E-state index in [0.717, 1.165) is 67.0 Å². The molecule has 1 fully saturated rings. The number of hydrogen-bond acceptors (Lipinski definition) is 4. The van der Waals surface area contributed by atoms with Crippen LogP contribution in [0.25, 0.3) is 10.8 Å². The topological polar surface area (TPSA) is 24.9 Å². The van der Waals surface area contributed by atoms with Crippen molar-refractivity contribution in [2.24, 2.45) is 0 Å². The Morgan fingerprint density at radius 1 is 0.692 bits per heavy atom. The Labute approximate surface area is 234 Å². The fourth-order valence-electron chi connectivity index (χ4n) is 5.82. The van der Waals surface area contributed by atoms with Crippen LogP contribution >= 0.6 is 0 Å². The van der Waals surface area contributed by atoms with Crippen molar-refractivity contribution in [2.75, 3.05) is 45.3 Å². The molecule has 0 aliphatic carbocycles. The van der Waals surface area contributed by atoms with E-state index in [4.69, 9.17) is 9.47 Å². The van der Waals surface area contributed by atoms with E-state index in [1.165, 1.54) is 27.9 Å². The summed E-state index contributed by atoms with van der Waals surface area (Å²) in [5.74, 6) is 1.87. The summed E-state index contributed by atoms with van der Waals surface area (Å²) < 4.78 is 11.8. The van der Waals surface area contributed by atoms with Gasteiger partial charge in [0.15, 0.2) is 0 Å². The fraction of sp³-hybridized carbons (Fsp3) is 0.371. The minimum absolute atomic E-state index is 0.201. The first-order valence-electron chi connectivity index (χ1n) is 14.1. The van der Waals surface area contributed by atoms with Crippen LogP contribution in [-0.4, -0.2) is 45.3 Å². The summed E-state index contributed by atoms with van der Waals surface area (Å²) in [6, 6.07) is 26.6. The molecule has 0 aromatic heterocycles. The molecule has 4 nitrogen and oxygen atoms in total. The highest BCUT2D eigenvalue weighted by Gasteiger charge is 2.20. The molecule has 4 heteroatoms. The fourth-order valence-corrected chi connectivity index (χ4v) is 5.82. The highest BCUT2D eigenvalue weighted by Crippen LogP contribution is 2.41. The Bertz CT molecular complexity index is 1410. The molecule has 4 aromatic rings. The van der Waals surface area contributed by atoms with E-state index in [2.05, 4.69) is 104 Å². The third-order valence-electron chi connectivity index (χ3n) is 8.17. The highest BCUT2D eigenvalue weighted by molar-refractivity contribution is 5.96. The Morgan fingerprint density at radius 2 is 1.26 bits per heavy atom. The largest absolute Gasteiger partial charge is 0.496 e. The summed E-state index contributed by atoms with van der Waals surface area (Å²) in [5.41, 5.74) is 7.89. The lowest BCUT2D eigenvalue weighted by molar-refractivity contribution is 0.250. The summed E-state index contributed by atoms with van der Waals surface area (Å²) in [7, 11) is 3.52. The standard InChI is InChI=1S/C35H42N2O2/c1-25-32(34(39-6)31-10-8-7-9-30(31)33(25)38-5)23-26-13-17-29(18-14-26)37-21-19-36(20-22-37)24-27-11-15-28(16-12-27)35(2,3)4/h7-18H,19-24H2,1-6H3. The van der Waals surface area contributed by atoms with Gasteiger partial charge in [-0.25, -0.2) is 0 Å². The molecule has 0 saturated carbocycles. The van der Waals surface area contributed by atoms with Crippen LogP contribution in [-0.2, 0) is 18.4 Å². The first kappa shape index (κ1) is 27.1. The van der Waals surface area contributed by atoms with Crippen molar-refractivity contribution in [2.45, 2.75) is 46.1 Å². The van der Waals surface area contributed by atoms with Crippen LogP contribution in [0.15, 0.2) is 72.8 Å². The Morgan fingerprint density at radius 3 is 1.82 bits per heavy atom. The third kappa shape index (κ3) is 5.77. The van der Waals surface area contributed by atoms with E-state index in [-0.39, 0.29) is 5.41 Å². The minimum atomic E-state index is 0.201. The first-order valence-corrected chi connectivity index (χ1v) is 14.1. The molecular formula is C35H42N2O2. The maximum absolute atomic E-state index is 5.93. The molecule has 0 N–H and O–H groups in total. The predicted molar refractivity (Wildman–Crippen MR) is 164 cm³/mol. The van der Waals surface area contributed by atoms with E-state index in [0.29, 0.717) is 0 Å². The lowest BCUT2D eigenvalue weighted by atomic mass is 9.87. The molecule has 1 saturated heterocycles. The van der Waals surface area contributed by atoms with Crippen LogP contribution in [0.2, 0.25) is 0 Å². The molecule has 0 radical (unpaired) electrons. The summed E-state index contributed by atoms with van der Waals surface area (Å²) in [6.07, 6.45) is 0.804. The Balaban J connectivity index is 1.24. The van der Waals surface area contributed by atoms with E-state index in [1.54, 1.807) is 14.2 Å². The molecule has 0 unspecified atom stereocenters. The van der Waals surface area contributed by atoms with Crippen molar-refractivity contribution in [3.63, 3.8) is 0 Å². The summed E-state index contributed by atoms with van der Waals surface area (Å²) in [5, 5.41) is 2.19. The van der Waals surface area contributed by atoms with Gasteiger partial charge in [-0.2, -0.15) is 0 Å². The molecule has 0 bridgehead atoms. The lowest BCUT2D eigenvalue weighted by Crippen LogP contribution is -2.45. The minimum Gasteiger partial charge on any atom is -0.496 e. The van der Waals surface area contributed by atoms with Crippen LogP contribution in [0, 0.1) is 6.92 Å². The second-order valence-corrected chi connectivity index (χ2v) is 11.8. The van der Waals surface area contributed by atoms with Gasteiger partial charge in [0.1, 0.15) is 11.5 Å². The molecule has 1 heterocycles. The molecular weight excluding hydrogens is 480 g/mol. The van der Waals surface area contributed by atoms with E-state index >= 15 is 0 Å². The van der Waals surface area contributed by atoms with Crippen LogP contribution < -0.4 is 14.4 Å². The maximum Gasteiger partial charge on any atom is 0.130 e. The molecule has 1 aliphatic heterocycles. The van der Waals surface area contributed by atoms with Crippen molar-refractivity contribution >= 4 is 16.5 Å². The van der Waals surface area contributed by atoms with Gasteiger partial charge in [0.05, 0.1) is 14.2 Å². The number of hydrogen-bond donors (Lipinski definition) is 0. The average molecular weight is 523 g/mol. The Kier molecular flexibility index (Phi) is 7.86. The number of anilines is 1. The van der Waals surface area contributed by atoms with Gasteiger partial charge in [-0.15, -0.1) is 0 Å². The second-order valence-electron chi connectivity index (χ2n) is 11.8. The zero-order chi connectivity index (χ0) is 27.6.